The van der Waals surface area contributed by atoms with Gasteiger partial charge < -0.3 is 20.7 Å². The summed E-state index contributed by atoms with van der Waals surface area (Å²) in [5, 5.41) is 10.5. The number of nitrogens with two attached hydrogens (primary N) is 1. The van der Waals surface area contributed by atoms with Gasteiger partial charge in [0.2, 0.25) is 11.8 Å². The van der Waals surface area contributed by atoms with E-state index in [1.807, 2.05) is 43.3 Å². The molecule has 240 valence electrons. The number of nitrogens with zero attached hydrogens (tertiary/aromatic N) is 1. The predicted octanol–water partition coefficient (Wildman–Crippen LogP) is 4.82. The molecule has 4 rings (SSSR count). The van der Waals surface area contributed by atoms with Crippen LogP contribution in [0, 0.1) is 17.2 Å². The second-order valence-electron chi connectivity index (χ2n) is 11.6. The number of rotatable bonds is 14. The maximum atomic E-state index is 14.0. The average Bonchev–Trinajstić information content (AvgIpc) is 3.05. The van der Waals surface area contributed by atoms with Gasteiger partial charge in [0, 0.05) is 32.1 Å². The Morgan fingerprint density at radius 1 is 1.02 bits per heavy atom. The maximum Gasteiger partial charge on any atom is 0.227 e. The molecule has 2 amide bonds. The summed E-state index contributed by atoms with van der Waals surface area (Å²) < 4.78 is 33.3. The Bertz CT molecular complexity index is 1580. The fourth-order valence-electron chi connectivity index (χ4n) is 5.88. The number of amidine groups is 1. The standard InChI is InChI=1S/C35H44N4O5S/c1-3-44-31-15-13-27(14-16-31)28-9-6-11-32(23-28)45(42,43)24-30(22-26-8-4-10-29(21-26)34(36)37)35(41)39-19-17-25(18-20-39)7-5-12-33(40)38-2/h4,6,8-11,13-16,21,23,25,30H,3,5,7,12,17-20,22,24H2,1-2H3,(H3,36,37)(H,38,40)/t30-/m1/s1. The Kier molecular flexibility index (Phi) is 11.8. The minimum atomic E-state index is -3.85. The van der Waals surface area contributed by atoms with E-state index in [1.165, 1.54) is 0 Å². The lowest BCUT2D eigenvalue weighted by atomic mass is 9.90. The lowest BCUT2D eigenvalue weighted by Crippen LogP contribution is -2.44. The van der Waals surface area contributed by atoms with Gasteiger partial charge in [-0.3, -0.25) is 15.0 Å². The molecule has 0 saturated carbocycles. The van der Waals surface area contributed by atoms with E-state index in [9.17, 15) is 18.0 Å². The first-order chi connectivity index (χ1) is 21.6. The van der Waals surface area contributed by atoms with Crippen molar-refractivity contribution in [1.29, 1.82) is 5.41 Å². The fraction of sp³-hybridized carbons (Fsp3) is 0.400. The van der Waals surface area contributed by atoms with Gasteiger partial charge in [0.15, 0.2) is 9.84 Å². The number of carbonyl (C=O) groups excluding carboxylic acids is 2. The van der Waals surface area contributed by atoms with E-state index < -0.39 is 15.8 Å². The topological polar surface area (TPSA) is 143 Å². The van der Waals surface area contributed by atoms with Gasteiger partial charge >= 0.3 is 0 Å². The van der Waals surface area contributed by atoms with Crippen LogP contribution in [0.3, 0.4) is 0 Å². The van der Waals surface area contributed by atoms with E-state index in [1.54, 1.807) is 48.3 Å². The van der Waals surface area contributed by atoms with Crippen LogP contribution >= 0.6 is 0 Å². The number of hydrogen-bond donors (Lipinski definition) is 3. The number of hydrogen-bond acceptors (Lipinski definition) is 6. The van der Waals surface area contributed by atoms with Gasteiger partial charge in [-0.2, -0.15) is 0 Å². The minimum absolute atomic E-state index is 0.0329. The number of ether oxygens (including phenoxy) is 1. The van der Waals surface area contributed by atoms with Crippen molar-refractivity contribution in [2.45, 2.75) is 50.3 Å². The molecule has 3 aromatic rings. The van der Waals surface area contributed by atoms with Crippen LogP contribution in [0.25, 0.3) is 11.1 Å². The molecule has 4 N–H and O–H groups in total. The first-order valence-corrected chi connectivity index (χ1v) is 17.2. The largest absolute Gasteiger partial charge is 0.494 e. The quantitative estimate of drug-likeness (QED) is 0.172. The molecule has 10 heteroatoms. The van der Waals surface area contributed by atoms with Gasteiger partial charge in [-0.15, -0.1) is 0 Å². The minimum Gasteiger partial charge on any atom is -0.494 e. The molecule has 3 aromatic carbocycles. The van der Waals surface area contributed by atoms with E-state index >= 15 is 0 Å². The van der Waals surface area contributed by atoms with Gasteiger partial charge in [-0.05, 0) is 92.0 Å². The summed E-state index contributed by atoms with van der Waals surface area (Å²) in [7, 11) is -2.21. The number of carbonyl (C=O) groups is 2. The third-order valence-corrected chi connectivity index (χ3v) is 10.2. The SMILES string of the molecule is CCOc1ccc(-c2cccc(S(=O)(=O)C[C@@H](Cc3cccc(C(=N)N)c3)C(=O)N3CCC(CCCC(=O)NC)CC3)c2)cc1. The van der Waals surface area contributed by atoms with Crippen LogP contribution in [-0.4, -0.2) is 63.5 Å². The van der Waals surface area contributed by atoms with E-state index in [2.05, 4.69) is 5.32 Å². The van der Waals surface area contributed by atoms with Crippen LogP contribution < -0.4 is 15.8 Å². The molecule has 1 atom stereocenters. The van der Waals surface area contributed by atoms with Crippen molar-refractivity contribution >= 4 is 27.5 Å². The summed E-state index contributed by atoms with van der Waals surface area (Å²) in [6.07, 6.45) is 4.08. The van der Waals surface area contributed by atoms with E-state index in [0.29, 0.717) is 37.6 Å². The van der Waals surface area contributed by atoms with Crippen molar-refractivity contribution in [3.05, 3.63) is 83.9 Å². The van der Waals surface area contributed by atoms with Crippen LogP contribution in [-0.2, 0) is 25.8 Å². The highest BCUT2D eigenvalue weighted by atomic mass is 32.2. The van der Waals surface area contributed by atoms with Crippen LogP contribution in [0.4, 0.5) is 0 Å². The number of benzene rings is 3. The van der Waals surface area contributed by atoms with Crippen molar-refractivity contribution in [1.82, 2.24) is 10.2 Å². The Balaban J connectivity index is 1.53. The Morgan fingerprint density at radius 2 is 1.73 bits per heavy atom. The smallest absolute Gasteiger partial charge is 0.227 e. The Morgan fingerprint density at radius 3 is 2.40 bits per heavy atom. The summed E-state index contributed by atoms with van der Waals surface area (Å²) in [6, 6.07) is 21.4. The van der Waals surface area contributed by atoms with Crippen LogP contribution in [0.1, 0.15) is 50.2 Å². The predicted molar refractivity (Wildman–Crippen MR) is 177 cm³/mol. The highest BCUT2D eigenvalue weighted by molar-refractivity contribution is 7.91. The van der Waals surface area contributed by atoms with Crippen molar-refractivity contribution in [3.63, 3.8) is 0 Å². The molecular formula is C35H44N4O5S. The molecule has 0 aromatic heterocycles. The van der Waals surface area contributed by atoms with Gasteiger partial charge in [-0.25, -0.2) is 8.42 Å². The summed E-state index contributed by atoms with van der Waals surface area (Å²) in [5.74, 6) is -0.210. The highest BCUT2D eigenvalue weighted by Crippen LogP contribution is 2.28. The number of amides is 2. The Hall–Kier alpha value is -4.18. The van der Waals surface area contributed by atoms with E-state index in [4.69, 9.17) is 15.9 Å². The van der Waals surface area contributed by atoms with Crippen LogP contribution in [0.2, 0.25) is 0 Å². The third-order valence-electron chi connectivity index (χ3n) is 8.40. The zero-order chi connectivity index (χ0) is 32.4. The zero-order valence-corrected chi connectivity index (χ0v) is 26.9. The number of piperidine rings is 1. The molecule has 45 heavy (non-hydrogen) atoms. The molecule has 1 aliphatic heterocycles. The summed E-state index contributed by atoms with van der Waals surface area (Å²) in [5.41, 5.74) is 8.61. The first-order valence-electron chi connectivity index (χ1n) is 15.6. The molecular weight excluding hydrogens is 588 g/mol. The van der Waals surface area contributed by atoms with Crippen LogP contribution in [0.15, 0.2) is 77.7 Å². The van der Waals surface area contributed by atoms with E-state index in [0.717, 1.165) is 48.1 Å². The Labute approximate surface area is 266 Å². The third kappa shape index (κ3) is 9.41. The summed E-state index contributed by atoms with van der Waals surface area (Å²) >= 11 is 0. The van der Waals surface area contributed by atoms with Gasteiger partial charge in [0.1, 0.15) is 11.6 Å². The highest BCUT2D eigenvalue weighted by Gasteiger charge is 2.32. The molecule has 0 spiro atoms. The van der Waals surface area contributed by atoms with Crippen molar-refractivity contribution in [2.75, 3.05) is 32.5 Å². The molecule has 1 aliphatic rings. The normalized spacial score (nSPS) is 14.5. The zero-order valence-electron chi connectivity index (χ0n) is 26.1. The lowest BCUT2D eigenvalue weighted by Gasteiger charge is -2.34. The molecule has 9 nitrogen and oxygen atoms in total. The second kappa shape index (κ2) is 15.7. The lowest BCUT2D eigenvalue weighted by molar-refractivity contribution is -0.136. The average molecular weight is 633 g/mol. The summed E-state index contributed by atoms with van der Waals surface area (Å²) in [4.78, 5) is 27.5. The molecule has 1 fully saturated rings. The first kappa shape index (κ1) is 33.7. The molecule has 0 unspecified atom stereocenters. The molecule has 1 saturated heterocycles. The molecule has 0 radical (unpaired) electrons. The summed E-state index contributed by atoms with van der Waals surface area (Å²) in [6.45, 7) is 3.59. The van der Waals surface area contributed by atoms with Crippen molar-refractivity contribution in [2.24, 2.45) is 17.6 Å². The monoisotopic (exact) mass is 632 g/mol. The number of sulfone groups is 1. The van der Waals surface area contributed by atoms with E-state index in [-0.39, 0.29) is 34.7 Å². The van der Waals surface area contributed by atoms with Gasteiger partial charge in [0.05, 0.1) is 23.2 Å². The second-order valence-corrected chi connectivity index (χ2v) is 13.7. The number of likely N-dealkylation sites (tertiary alicyclic amines) is 1. The van der Waals surface area contributed by atoms with Gasteiger partial charge in [-0.1, -0.05) is 42.5 Å². The fourth-order valence-corrected chi connectivity index (χ4v) is 7.46. The van der Waals surface area contributed by atoms with Gasteiger partial charge in [0.25, 0.3) is 0 Å². The number of nitrogen functional groups attached to an aromatic ring is 1. The molecule has 1 heterocycles. The van der Waals surface area contributed by atoms with Crippen molar-refractivity contribution in [3.8, 4) is 16.9 Å². The number of nitrogens with one attached hydrogen (secondary N) is 2. The molecule has 0 aliphatic carbocycles. The van der Waals surface area contributed by atoms with Crippen LogP contribution in [0.5, 0.6) is 5.75 Å². The maximum absolute atomic E-state index is 14.0. The molecule has 0 bridgehead atoms. The van der Waals surface area contributed by atoms with Crippen molar-refractivity contribution < 1.29 is 22.7 Å².